The number of rotatable bonds is 3. The average Bonchev–Trinajstić information content (AvgIpc) is 2.69. The van der Waals surface area contributed by atoms with Gasteiger partial charge in [0.05, 0.1) is 11.6 Å². The van der Waals surface area contributed by atoms with Crippen LogP contribution in [-0.2, 0) is 4.79 Å². The van der Waals surface area contributed by atoms with Crippen LogP contribution in [0.15, 0.2) is 0 Å². The number of nitrogens with one attached hydrogen (secondary N) is 1. The van der Waals surface area contributed by atoms with Gasteiger partial charge >= 0.3 is 6.03 Å². The van der Waals surface area contributed by atoms with E-state index in [0.717, 1.165) is 6.42 Å². The molecule has 0 radical (unpaired) electrons. The molecule has 3 amide bonds. The van der Waals surface area contributed by atoms with Gasteiger partial charge in [-0.05, 0) is 13.3 Å². The van der Waals surface area contributed by atoms with Crippen molar-refractivity contribution in [2.45, 2.75) is 38.3 Å². The summed E-state index contributed by atoms with van der Waals surface area (Å²) in [5.41, 5.74) is 5.29. The van der Waals surface area contributed by atoms with E-state index in [1.54, 1.807) is 16.7 Å². The fourth-order valence-electron chi connectivity index (χ4n) is 2.78. The van der Waals surface area contributed by atoms with E-state index < -0.39 is 5.54 Å². The number of fused-ring (bicyclic) bond motifs is 1. The van der Waals surface area contributed by atoms with Gasteiger partial charge < -0.3 is 20.9 Å². The Labute approximate surface area is 120 Å². The second-order valence-electron chi connectivity index (χ2n) is 5.45. The van der Waals surface area contributed by atoms with Crippen LogP contribution in [0.5, 0.6) is 0 Å². The van der Waals surface area contributed by atoms with Gasteiger partial charge in [0, 0.05) is 26.2 Å². The Morgan fingerprint density at radius 1 is 1.53 bits per heavy atom. The number of nitrogens with two attached hydrogens (primary N) is 1. The molecule has 0 bridgehead atoms. The fraction of sp³-hybridized carbons (Fsp3) is 0.833. The van der Waals surface area contributed by atoms with Crippen LogP contribution < -0.4 is 11.1 Å². The molecule has 0 aromatic carbocycles. The van der Waals surface area contributed by atoms with Crippen molar-refractivity contribution in [3.63, 3.8) is 0 Å². The molecule has 0 aromatic heterocycles. The number of urea groups is 1. The molecule has 2 atom stereocenters. The third-order valence-electron chi connectivity index (χ3n) is 3.78. The first-order chi connectivity index (χ1) is 8.45. The van der Waals surface area contributed by atoms with Crippen molar-refractivity contribution in [2.75, 3.05) is 26.2 Å². The summed E-state index contributed by atoms with van der Waals surface area (Å²) in [5, 5.41) is 2.80. The average molecular weight is 291 g/mol. The molecule has 110 valence electrons. The highest BCUT2D eigenvalue weighted by Gasteiger charge is 2.40. The van der Waals surface area contributed by atoms with E-state index in [1.165, 1.54) is 0 Å². The minimum absolute atomic E-state index is 0. The number of hydrogen-bond donors (Lipinski definition) is 2. The number of carbonyl (C=O) groups excluding carboxylic acids is 2. The fourth-order valence-corrected chi connectivity index (χ4v) is 2.78. The smallest absolute Gasteiger partial charge is 0.317 e. The highest BCUT2D eigenvalue weighted by atomic mass is 35.5. The number of piperazine rings is 1. The third kappa shape index (κ3) is 3.12. The van der Waals surface area contributed by atoms with Gasteiger partial charge in [0.25, 0.3) is 0 Å². The zero-order valence-corrected chi connectivity index (χ0v) is 12.3. The first-order valence-electron chi connectivity index (χ1n) is 6.58. The van der Waals surface area contributed by atoms with Gasteiger partial charge in [-0.3, -0.25) is 4.79 Å². The number of halogens is 1. The van der Waals surface area contributed by atoms with E-state index >= 15 is 0 Å². The van der Waals surface area contributed by atoms with Gasteiger partial charge in [0.2, 0.25) is 5.91 Å². The summed E-state index contributed by atoms with van der Waals surface area (Å²) in [6.45, 7) is 6.22. The van der Waals surface area contributed by atoms with E-state index in [9.17, 15) is 9.59 Å². The van der Waals surface area contributed by atoms with Gasteiger partial charge in [0.15, 0.2) is 0 Å². The number of carbonyl (C=O) groups is 2. The molecule has 2 heterocycles. The molecule has 3 N–H and O–H groups in total. The van der Waals surface area contributed by atoms with Crippen molar-refractivity contribution < 1.29 is 9.59 Å². The zero-order chi connectivity index (χ0) is 13.3. The molecular weight excluding hydrogens is 268 g/mol. The van der Waals surface area contributed by atoms with E-state index in [0.29, 0.717) is 32.6 Å². The monoisotopic (exact) mass is 290 g/mol. The predicted octanol–water partition coefficient (Wildman–Crippen LogP) is 0.162. The topological polar surface area (TPSA) is 78.7 Å². The van der Waals surface area contributed by atoms with E-state index in [-0.39, 0.29) is 30.4 Å². The molecule has 2 rings (SSSR count). The Bertz CT molecular complexity index is 362. The van der Waals surface area contributed by atoms with Gasteiger partial charge in [0.1, 0.15) is 0 Å². The highest BCUT2D eigenvalue weighted by Crippen LogP contribution is 2.19. The molecule has 6 nitrogen and oxygen atoms in total. The molecule has 7 heteroatoms. The van der Waals surface area contributed by atoms with Crippen LogP contribution in [0.25, 0.3) is 0 Å². The van der Waals surface area contributed by atoms with Crippen LogP contribution in [0, 0.1) is 0 Å². The van der Waals surface area contributed by atoms with Crippen LogP contribution >= 0.6 is 12.4 Å². The number of hydrogen-bond acceptors (Lipinski definition) is 3. The van der Waals surface area contributed by atoms with Crippen molar-refractivity contribution in [3.05, 3.63) is 0 Å². The summed E-state index contributed by atoms with van der Waals surface area (Å²) in [6, 6.07) is 0.0868. The largest absolute Gasteiger partial charge is 0.337 e. The first kappa shape index (κ1) is 16.0. The lowest BCUT2D eigenvalue weighted by Gasteiger charge is -2.39. The van der Waals surface area contributed by atoms with Crippen LogP contribution in [0.1, 0.15) is 26.7 Å². The Morgan fingerprint density at radius 2 is 2.21 bits per heavy atom. The lowest BCUT2D eigenvalue weighted by molar-refractivity contribution is -0.138. The molecule has 0 aliphatic carbocycles. The Morgan fingerprint density at radius 3 is 2.84 bits per heavy atom. The summed E-state index contributed by atoms with van der Waals surface area (Å²) < 4.78 is 0. The molecule has 2 aliphatic rings. The van der Waals surface area contributed by atoms with Crippen molar-refractivity contribution in [1.29, 1.82) is 0 Å². The highest BCUT2D eigenvalue weighted by molar-refractivity contribution is 5.86. The summed E-state index contributed by atoms with van der Waals surface area (Å²) in [6.07, 6.45) is 1.58. The van der Waals surface area contributed by atoms with Crippen LogP contribution in [0.3, 0.4) is 0 Å². The molecule has 2 fully saturated rings. The van der Waals surface area contributed by atoms with E-state index in [2.05, 4.69) is 5.32 Å². The molecule has 2 saturated heterocycles. The van der Waals surface area contributed by atoms with Crippen molar-refractivity contribution in [2.24, 2.45) is 5.73 Å². The Balaban J connectivity index is 0.00000180. The summed E-state index contributed by atoms with van der Waals surface area (Å²) in [7, 11) is 0. The van der Waals surface area contributed by atoms with Gasteiger partial charge in [-0.15, -0.1) is 12.4 Å². The molecule has 0 spiro atoms. The van der Waals surface area contributed by atoms with Crippen molar-refractivity contribution in [1.82, 2.24) is 15.1 Å². The van der Waals surface area contributed by atoms with Crippen LogP contribution in [-0.4, -0.2) is 59.5 Å². The Kier molecular flexibility index (Phi) is 5.04. The van der Waals surface area contributed by atoms with Crippen molar-refractivity contribution >= 4 is 24.3 Å². The predicted molar refractivity (Wildman–Crippen MR) is 75.2 cm³/mol. The van der Waals surface area contributed by atoms with Crippen LogP contribution in [0.2, 0.25) is 0 Å². The molecular formula is C12H23ClN4O2. The maximum Gasteiger partial charge on any atom is 0.317 e. The normalized spacial score (nSPS) is 25.2. The number of amides is 3. The van der Waals surface area contributed by atoms with Crippen molar-refractivity contribution in [3.8, 4) is 0 Å². The SMILES string of the molecule is CCCC(C)(N)C(=O)N1CCN2C(=O)NCC2C1.Cl. The van der Waals surface area contributed by atoms with Gasteiger partial charge in [-0.1, -0.05) is 13.3 Å². The first-order valence-corrected chi connectivity index (χ1v) is 6.58. The summed E-state index contributed by atoms with van der Waals surface area (Å²) >= 11 is 0. The van der Waals surface area contributed by atoms with Crippen LogP contribution in [0.4, 0.5) is 4.79 Å². The van der Waals surface area contributed by atoms with Gasteiger partial charge in [-0.2, -0.15) is 0 Å². The maximum absolute atomic E-state index is 12.4. The second-order valence-corrected chi connectivity index (χ2v) is 5.45. The second kappa shape index (κ2) is 5.96. The third-order valence-corrected chi connectivity index (χ3v) is 3.78. The standard InChI is InChI=1S/C12H22N4O2.ClH/c1-3-4-12(2,13)10(17)15-5-6-16-9(8-15)7-14-11(16)18;/h9H,3-8,13H2,1-2H3,(H,14,18);1H. The zero-order valence-electron chi connectivity index (χ0n) is 11.5. The molecule has 0 aromatic rings. The Hall–Kier alpha value is -1.01. The molecule has 2 unspecified atom stereocenters. The molecule has 2 aliphatic heterocycles. The minimum atomic E-state index is -0.785. The number of nitrogens with zero attached hydrogens (tertiary/aromatic N) is 2. The van der Waals surface area contributed by atoms with E-state index in [1.807, 2.05) is 6.92 Å². The molecule has 0 saturated carbocycles. The minimum Gasteiger partial charge on any atom is -0.337 e. The molecule has 19 heavy (non-hydrogen) atoms. The summed E-state index contributed by atoms with van der Waals surface area (Å²) in [5.74, 6) is 0.00310. The lowest BCUT2D eigenvalue weighted by Crippen LogP contribution is -2.60. The van der Waals surface area contributed by atoms with Gasteiger partial charge in [-0.25, -0.2) is 4.79 Å². The summed E-state index contributed by atoms with van der Waals surface area (Å²) in [4.78, 5) is 27.4. The maximum atomic E-state index is 12.4. The quantitative estimate of drug-likeness (QED) is 0.777. The van der Waals surface area contributed by atoms with E-state index in [4.69, 9.17) is 5.73 Å². The lowest BCUT2D eigenvalue weighted by atomic mass is 9.95.